The normalized spacial score (nSPS) is 15.4. The summed E-state index contributed by atoms with van der Waals surface area (Å²) in [5, 5.41) is 0. The maximum atomic E-state index is 3.28. The van der Waals surface area contributed by atoms with Crippen LogP contribution in [0.2, 0.25) is 0 Å². The molecule has 0 aliphatic heterocycles. The number of aryl methyl sites for hydroxylation is 1. The van der Waals surface area contributed by atoms with Crippen LogP contribution in [0.25, 0.3) is 0 Å². The van der Waals surface area contributed by atoms with Gasteiger partial charge >= 0.3 is 0 Å². The average Bonchev–Trinajstić information content (AvgIpc) is 2.38. The minimum absolute atomic E-state index is 0.594. The predicted molar refractivity (Wildman–Crippen MR) is 72.4 cm³/mol. The molecule has 0 atom stereocenters. The van der Waals surface area contributed by atoms with Crippen LogP contribution in [0.1, 0.15) is 43.2 Å². The summed E-state index contributed by atoms with van der Waals surface area (Å²) in [5.41, 5.74) is 2.32. The van der Waals surface area contributed by atoms with Gasteiger partial charge in [0.25, 0.3) is 0 Å². The molecule has 1 aliphatic rings. The van der Waals surface area contributed by atoms with Gasteiger partial charge in [-0.25, -0.2) is 0 Å². The number of hydrogen-bond donors (Lipinski definition) is 0. The third kappa shape index (κ3) is 4.01. The molecule has 0 spiro atoms. The maximum Gasteiger partial charge on any atom is 0.0255 e. The lowest BCUT2D eigenvalue weighted by atomic mass is 9.90. The lowest BCUT2D eigenvalue weighted by Crippen LogP contribution is -2.02. The predicted octanol–water partition coefficient (Wildman–Crippen LogP) is 3.93. The zero-order chi connectivity index (χ0) is 11.9. The molecule has 0 radical (unpaired) electrons. The van der Waals surface area contributed by atoms with Crippen LogP contribution in [0.3, 0.4) is 0 Å². The van der Waals surface area contributed by atoms with Crippen molar-refractivity contribution in [3.63, 3.8) is 0 Å². The van der Waals surface area contributed by atoms with E-state index in [2.05, 4.69) is 42.7 Å². The van der Waals surface area contributed by atoms with Crippen LogP contribution in [0.5, 0.6) is 0 Å². The highest BCUT2D eigenvalue weighted by Crippen LogP contribution is 2.22. The summed E-state index contributed by atoms with van der Waals surface area (Å²) in [4.78, 5) is 0. The molecule has 0 unspecified atom stereocenters. The second-order valence-electron chi connectivity index (χ2n) is 4.72. The Morgan fingerprint density at radius 1 is 0.941 bits per heavy atom. The molecule has 0 heterocycles. The molecule has 0 aromatic heterocycles. The van der Waals surface area contributed by atoms with Gasteiger partial charge in [0.05, 0.1) is 0 Å². The second-order valence-corrected chi connectivity index (χ2v) is 4.72. The van der Waals surface area contributed by atoms with Gasteiger partial charge in [0.2, 0.25) is 0 Å². The molecule has 1 fully saturated rings. The van der Waals surface area contributed by atoms with Crippen LogP contribution in [-0.4, -0.2) is 0 Å². The van der Waals surface area contributed by atoms with Gasteiger partial charge in [0.1, 0.15) is 0 Å². The zero-order valence-corrected chi connectivity index (χ0v) is 10.4. The van der Waals surface area contributed by atoms with E-state index >= 15 is 0 Å². The van der Waals surface area contributed by atoms with Crippen molar-refractivity contribution in [2.75, 3.05) is 0 Å². The molecule has 1 aliphatic carbocycles. The fraction of sp³-hybridized carbons (Fsp3) is 0.412. The summed E-state index contributed by atoms with van der Waals surface area (Å²) in [5.74, 6) is 12.9. The molecular formula is C17H18. The third-order valence-electron chi connectivity index (χ3n) is 3.20. The van der Waals surface area contributed by atoms with Crippen LogP contribution in [0, 0.1) is 36.5 Å². The van der Waals surface area contributed by atoms with Crippen molar-refractivity contribution in [3.05, 3.63) is 35.4 Å². The van der Waals surface area contributed by atoms with Gasteiger partial charge in [-0.2, -0.15) is 0 Å². The second kappa shape index (κ2) is 6.17. The first kappa shape index (κ1) is 11.8. The Balaban J connectivity index is 1.93. The van der Waals surface area contributed by atoms with Crippen molar-refractivity contribution in [3.8, 4) is 23.7 Å². The lowest BCUT2D eigenvalue weighted by molar-refractivity contribution is 0.430. The smallest absolute Gasteiger partial charge is 0.0255 e. The molecule has 1 aromatic rings. The Hall–Kier alpha value is -1.66. The quantitative estimate of drug-likeness (QED) is 0.583. The van der Waals surface area contributed by atoms with E-state index in [4.69, 9.17) is 0 Å². The first-order valence-corrected chi connectivity index (χ1v) is 6.43. The summed E-state index contributed by atoms with van der Waals surface area (Å²) in [6, 6.07) is 8.26. The van der Waals surface area contributed by atoms with Gasteiger partial charge < -0.3 is 0 Å². The van der Waals surface area contributed by atoms with E-state index in [9.17, 15) is 0 Å². The Labute approximate surface area is 104 Å². The van der Waals surface area contributed by atoms with Crippen LogP contribution >= 0.6 is 0 Å². The molecule has 0 heteroatoms. The third-order valence-corrected chi connectivity index (χ3v) is 3.20. The SMILES string of the molecule is Cc1ccc(C#CC#CC2CCCCC2)cc1. The minimum Gasteiger partial charge on any atom is -0.0857 e. The van der Waals surface area contributed by atoms with Gasteiger partial charge in [0, 0.05) is 11.5 Å². The van der Waals surface area contributed by atoms with Gasteiger partial charge in [0.15, 0.2) is 0 Å². The van der Waals surface area contributed by atoms with Crippen molar-refractivity contribution in [2.24, 2.45) is 5.92 Å². The van der Waals surface area contributed by atoms with Crippen LogP contribution in [0.4, 0.5) is 0 Å². The molecule has 17 heavy (non-hydrogen) atoms. The highest BCUT2D eigenvalue weighted by molar-refractivity contribution is 5.40. The van der Waals surface area contributed by atoms with Gasteiger partial charge in [-0.3, -0.25) is 0 Å². The van der Waals surface area contributed by atoms with E-state index in [1.54, 1.807) is 0 Å². The standard InChI is InChI=1S/C17H18/c1-15-11-13-17(14-12-15)10-6-5-9-16-7-3-2-4-8-16/h11-14,16H,2-4,7-8H2,1H3. The largest absolute Gasteiger partial charge is 0.0857 e. The molecule has 0 amide bonds. The molecule has 1 saturated carbocycles. The van der Waals surface area contributed by atoms with Gasteiger partial charge in [-0.15, -0.1) is 0 Å². The van der Waals surface area contributed by atoms with Crippen LogP contribution in [-0.2, 0) is 0 Å². The molecule has 0 nitrogen and oxygen atoms in total. The van der Waals surface area contributed by atoms with Gasteiger partial charge in [-0.1, -0.05) is 48.8 Å². The lowest BCUT2D eigenvalue weighted by Gasteiger charge is -2.15. The fourth-order valence-corrected chi connectivity index (χ4v) is 2.13. The van der Waals surface area contributed by atoms with E-state index in [0.29, 0.717) is 5.92 Å². The van der Waals surface area contributed by atoms with Crippen LogP contribution < -0.4 is 0 Å². The Morgan fingerprint density at radius 3 is 2.35 bits per heavy atom. The number of hydrogen-bond acceptors (Lipinski definition) is 0. The molecule has 0 bridgehead atoms. The van der Waals surface area contributed by atoms with E-state index in [1.165, 1.54) is 37.7 Å². The Kier molecular flexibility index (Phi) is 4.29. The molecule has 0 N–H and O–H groups in total. The van der Waals surface area contributed by atoms with E-state index in [1.807, 2.05) is 12.1 Å². The summed E-state index contributed by atoms with van der Waals surface area (Å²) in [6.45, 7) is 2.08. The van der Waals surface area contributed by atoms with Crippen molar-refractivity contribution in [2.45, 2.75) is 39.0 Å². The van der Waals surface area contributed by atoms with Crippen molar-refractivity contribution in [1.82, 2.24) is 0 Å². The van der Waals surface area contributed by atoms with E-state index in [0.717, 1.165) is 5.56 Å². The van der Waals surface area contributed by atoms with Crippen molar-refractivity contribution in [1.29, 1.82) is 0 Å². The molecule has 2 rings (SSSR count). The molecule has 0 saturated heterocycles. The van der Waals surface area contributed by atoms with Crippen molar-refractivity contribution >= 4 is 0 Å². The first-order valence-electron chi connectivity index (χ1n) is 6.43. The average molecular weight is 222 g/mol. The minimum atomic E-state index is 0.594. The molecular weight excluding hydrogens is 204 g/mol. The Morgan fingerprint density at radius 2 is 1.65 bits per heavy atom. The van der Waals surface area contributed by atoms with Gasteiger partial charge in [-0.05, 0) is 43.7 Å². The zero-order valence-electron chi connectivity index (χ0n) is 10.4. The summed E-state index contributed by atoms with van der Waals surface area (Å²) >= 11 is 0. The first-order chi connectivity index (χ1) is 8.34. The highest BCUT2D eigenvalue weighted by atomic mass is 14.1. The monoisotopic (exact) mass is 222 g/mol. The molecule has 86 valence electrons. The summed E-state index contributed by atoms with van der Waals surface area (Å²) in [7, 11) is 0. The Bertz CT molecular complexity index is 465. The van der Waals surface area contributed by atoms with E-state index in [-0.39, 0.29) is 0 Å². The summed E-state index contributed by atoms with van der Waals surface area (Å²) < 4.78 is 0. The van der Waals surface area contributed by atoms with Crippen molar-refractivity contribution < 1.29 is 0 Å². The number of rotatable bonds is 0. The van der Waals surface area contributed by atoms with E-state index < -0.39 is 0 Å². The van der Waals surface area contributed by atoms with Crippen LogP contribution in [0.15, 0.2) is 24.3 Å². The fourth-order valence-electron chi connectivity index (χ4n) is 2.13. The topological polar surface area (TPSA) is 0 Å². The molecule has 1 aromatic carbocycles. The summed E-state index contributed by atoms with van der Waals surface area (Å²) in [6.07, 6.45) is 6.58. The maximum absolute atomic E-state index is 3.28. The number of benzene rings is 1. The highest BCUT2D eigenvalue weighted by Gasteiger charge is 2.09.